The number of rotatable bonds is 6. The zero-order valence-corrected chi connectivity index (χ0v) is 19.7. The molecule has 0 atom stereocenters. The summed E-state index contributed by atoms with van der Waals surface area (Å²) in [6.07, 6.45) is 5.85. The Morgan fingerprint density at radius 1 is 1.06 bits per heavy atom. The van der Waals surface area contributed by atoms with Gasteiger partial charge in [0, 0.05) is 70.7 Å². The molecule has 0 saturated carbocycles. The fraction of sp³-hybridized carbons (Fsp3) is 0.560. The zero-order chi connectivity index (χ0) is 22.9. The molecular weight excluding hydrogens is 402 g/mol. The first kappa shape index (κ1) is 24.0. The summed E-state index contributed by atoms with van der Waals surface area (Å²) in [5, 5.41) is 4.23. The van der Waals surface area contributed by atoms with Crippen LogP contribution >= 0.6 is 0 Å². The number of benzene rings is 1. The van der Waals surface area contributed by atoms with E-state index in [4.69, 9.17) is 0 Å². The maximum absolute atomic E-state index is 13.2. The van der Waals surface area contributed by atoms with Crippen molar-refractivity contribution in [2.24, 2.45) is 5.92 Å². The van der Waals surface area contributed by atoms with E-state index < -0.39 is 0 Å². The normalized spacial score (nSPS) is 16.0. The van der Waals surface area contributed by atoms with E-state index in [1.165, 1.54) is 0 Å². The van der Waals surface area contributed by atoms with Crippen LogP contribution in [0.25, 0.3) is 0 Å². The summed E-state index contributed by atoms with van der Waals surface area (Å²) in [6.45, 7) is 11.5. The van der Waals surface area contributed by atoms with Gasteiger partial charge in [0.1, 0.15) is 0 Å². The molecular formula is C25H37N5O2. The van der Waals surface area contributed by atoms with Crippen molar-refractivity contribution in [2.75, 3.05) is 37.6 Å². The van der Waals surface area contributed by atoms with Gasteiger partial charge in [0.15, 0.2) is 0 Å². The first-order valence-electron chi connectivity index (χ1n) is 11.8. The minimum Gasteiger partial charge on any atom is -0.337 e. The van der Waals surface area contributed by atoms with Crippen LogP contribution in [0.2, 0.25) is 0 Å². The fourth-order valence-corrected chi connectivity index (χ4v) is 4.36. The van der Waals surface area contributed by atoms with Gasteiger partial charge in [-0.3, -0.25) is 14.3 Å². The van der Waals surface area contributed by atoms with Crippen LogP contribution in [0.4, 0.5) is 5.69 Å². The van der Waals surface area contributed by atoms with Crippen LogP contribution in [0, 0.1) is 5.92 Å². The van der Waals surface area contributed by atoms with Crippen LogP contribution < -0.4 is 4.90 Å². The summed E-state index contributed by atoms with van der Waals surface area (Å²) < 4.78 is 1.87. The topological polar surface area (TPSA) is 61.7 Å². The molecule has 1 aliphatic rings. The minimum atomic E-state index is 0.0456. The third kappa shape index (κ3) is 6.92. The molecule has 1 aromatic heterocycles. The van der Waals surface area contributed by atoms with Gasteiger partial charge >= 0.3 is 0 Å². The van der Waals surface area contributed by atoms with Crippen molar-refractivity contribution in [2.45, 2.75) is 53.1 Å². The quantitative estimate of drug-likeness (QED) is 0.692. The number of amides is 2. The molecule has 2 heterocycles. The standard InChI is InChI=1S/C25H37N5O2/c1-21(2)19-27-13-8-16-30(22(3)31)24-10-5-4-9-23(24)20-28(18-17-27)25(32)11-6-14-29-15-7-12-26-29/h4-5,7,9-10,12,15,21H,6,8,11,13-14,16-20H2,1-3H3. The molecule has 0 N–H and O–H groups in total. The summed E-state index contributed by atoms with van der Waals surface area (Å²) in [7, 11) is 0. The zero-order valence-electron chi connectivity index (χ0n) is 19.7. The van der Waals surface area contributed by atoms with Gasteiger partial charge in [-0.15, -0.1) is 0 Å². The Morgan fingerprint density at radius 3 is 2.59 bits per heavy atom. The van der Waals surface area contributed by atoms with Gasteiger partial charge in [0.05, 0.1) is 0 Å². The van der Waals surface area contributed by atoms with Gasteiger partial charge in [0.2, 0.25) is 11.8 Å². The second kappa shape index (κ2) is 11.8. The lowest BCUT2D eigenvalue weighted by Crippen LogP contribution is -2.40. The first-order chi connectivity index (χ1) is 15.4. The molecule has 2 aromatic rings. The molecule has 0 unspecified atom stereocenters. The van der Waals surface area contributed by atoms with E-state index in [0.717, 1.165) is 50.3 Å². The van der Waals surface area contributed by atoms with Crippen LogP contribution in [0.15, 0.2) is 42.7 Å². The monoisotopic (exact) mass is 439 g/mol. The number of carbonyl (C=O) groups excluding carboxylic acids is 2. The highest BCUT2D eigenvalue weighted by atomic mass is 16.2. The van der Waals surface area contributed by atoms with Gasteiger partial charge in [-0.1, -0.05) is 32.0 Å². The fourth-order valence-electron chi connectivity index (χ4n) is 4.36. The largest absolute Gasteiger partial charge is 0.337 e. The molecule has 7 heteroatoms. The van der Waals surface area contributed by atoms with Crippen molar-refractivity contribution in [3.63, 3.8) is 0 Å². The minimum absolute atomic E-state index is 0.0456. The second-order valence-electron chi connectivity index (χ2n) is 9.04. The predicted molar refractivity (Wildman–Crippen MR) is 127 cm³/mol. The van der Waals surface area contributed by atoms with Crippen LogP contribution in [0.3, 0.4) is 0 Å². The molecule has 0 radical (unpaired) electrons. The van der Waals surface area contributed by atoms with E-state index in [9.17, 15) is 9.59 Å². The molecule has 1 aromatic carbocycles. The van der Waals surface area contributed by atoms with E-state index in [2.05, 4.69) is 23.8 Å². The SMILES string of the molecule is CC(=O)N1CCCN(CC(C)C)CCN(C(=O)CCCn2cccn2)Cc2ccccc21. The van der Waals surface area contributed by atoms with Gasteiger partial charge in [-0.2, -0.15) is 5.10 Å². The summed E-state index contributed by atoms with van der Waals surface area (Å²) in [5.41, 5.74) is 1.95. The van der Waals surface area contributed by atoms with Crippen LogP contribution in [0.5, 0.6) is 0 Å². The van der Waals surface area contributed by atoms with Crippen molar-refractivity contribution in [3.05, 3.63) is 48.3 Å². The Labute approximate surface area is 192 Å². The summed E-state index contributed by atoms with van der Waals surface area (Å²) >= 11 is 0. The van der Waals surface area contributed by atoms with Crippen molar-refractivity contribution in [1.82, 2.24) is 19.6 Å². The van der Waals surface area contributed by atoms with Crippen molar-refractivity contribution in [1.29, 1.82) is 0 Å². The van der Waals surface area contributed by atoms with Gasteiger partial charge < -0.3 is 14.7 Å². The molecule has 0 spiro atoms. The summed E-state index contributed by atoms with van der Waals surface area (Å²) in [4.78, 5) is 32.0. The Bertz CT molecular complexity index is 865. The lowest BCUT2D eigenvalue weighted by atomic mass is 10.1. The average Bonchev–Trinajstić information content (AvgIpc) is 3.25. The van der Waals surface area contributed by atoms with E-state index in [0.29, 0.717) is 32.0 Å². The molecule has 0 bridgehead atoms. The van der Waals surface area contributed by atoms with Gasteiger partial charge in [-0.05, 0) is 43.0 Å². The van der Waals surface area contributed by atoms with E-state index >= 15 is 0 Å². The Balaban J connectivity index is 1.78. The molecule has 3 rings (SSSR count). The van der Waals surface area contributed by atoms with Crippen LogP contribution in [-0.2, 0) is 22.7 Å². The van der Waals surface area contributed by atoms with Gasteiger partial charge in [-0.25, -0.2) is 0 Å². The van der Waals surface area contributed by atoms with Crippen LogP contribution in [-0.4, -0.2) is 64.1 Å². The Hall–Kier alpha value is -2.67. The predicted octanol–water partition coefficient (Wildman–Crippen LogP) is 3.41. The van der Waals surface area contributed by atoms with E-state index in [1.54, 1.807) is 13.1 Å². The molecule has 2 amide bonds. The number of para-hydroxylation sites is 1. The number of carbonyl (C=O) groups is 2. The molecule has 174 valence electrons. The van der Waals surface area contributed by atoms with Crippen molar-refractivity contribution < 1.29 is 9.59 Å². The highest BCUT2D eigenvalue weighted by Crippen LogP contribution is 2.24. The highest BCUT2D eigenvalue weighted by Gasteiger charge is 2.22. The van der Waals surface area contributed by atoms with E-state index in [1.807, 2.05) is 51.0 Å². The number of hydrogen-bond donors (Lipinski definition) is 0. The highest BCUT2D eigenvalue weighted by molar-refractivity contribution is 5.92. The van der Waals surface area contributed by atoms with Crippen molar-refractivity contribution >= 4 is 17.5 Å². The maximum atomic E-state index is 13.2. The third-order valence-electron chi connectivity index (χ3n) is 5.88. The number of nitrogens with zero attached hydrogens (tertiary/aromatic N) is 5. The molecule has 0 aliphatic carbocycles. The van der Waals surface area contributed by atoms with E-state index in [-0.39, 0.29) is 11.8 Å². The second-order valence-corrected chi connectivity index (χ2v) is 9.04. The number of aryl methyl sites for hydroxylation is 1. The van der Waals surface area contributed by atoms with Gasteiger partial charge in [0.25, 0.3) is 0 Å². The number of anilines is 1. The molecule has 0 saturated heterocycles. The third-order valence-corrected chi connectivity index (χ3v) is 5.88. The smallest absolute Gasteiger partial charge is 0.223 e. The summed E-state index contributed by atoms with van der Waals surface area (Å²) in [5.74, 6) is 0.758. The molecule has 1 aliphatic heterocycles. The maximum Gasteiger partial charge on any atom is 0.223 e. The molecule has 32 heavy (non-hydrogen) atoms. The Kier molecular flexibility index (Phi) is 8.85. The summed E-state index contributed by atoms with van der Waals surface area (Å²) in [6, 6.07) is 9.90. The first-order valence-corrected chi connectivity index (χ1v) is 11.8. The lowest BCUT2D eigenvalue weighted by molar-refractivity contribution is -0.132. The lowest BCUT2D eigenvalue weighted by Gasteiger charge is -2.29. The molecule has 7 nitrogen and oxygen atoms in total. The molecule has 0 fully saturated rings. The Morgan fingerprint density at radius 2 is 1.88 bits per heavy atom. The average molecular weight is 440 g/mol. The van der Waals surface area contributed by atoms with Crippen molar-refractivity contribution in [3.8, 4) is 0 Å². The number of hydrogen-bond acceptors (Lipinski definition) is 4. The van der Waals surface area contributed by atoms with Crippen LogP contribution in [0.1, 0.15) is 45.6 Å². The number of fused-ring (bicyclic) bond motifs is 1. The number of aromatic nitrogens is 2.